The molecule has 0 unspecified atom stereocenters. The van der Waals surface area contributed by atoms with Gasteiger partial charge >= 0.3 is 5.97 Å². The van der Waals surface area contributed by atoms with Crippen LogP contribution in [0.2, 0.25) is 0 Å². The van der Waals surface area contributed by atoms with Crippen LogP contribution in [0.1, 0.15) is 78.4 Å². The summed E-state index contributed by atoms with van der Waals surface area (Å²) in [5.41, 5.74) is 5.65. The number of carbonyl (C=O) groups excluding carboxylic acids is 1. The van der Waals surface area contributed by atoms with Crippen LogP contribution in [0.15, 0.2) is 42.7 Å². The number of aryl methyl sites for hydroxylation is 1. The molecule has 5 nitrogen and oxygen atoms in total. The molecule has 0 bridgehead atoms. The lowest BCUT2D eigenvalue weighted by Crippen LogP contribution is -2.41. The second kappa shape index (κ2) is 8.82. The molecule has 1 amide bonds. The van der Waals surface area contributed by atoms with E-state index in [1.165, 1.54) is 22.9 Å². The van der Waals surface area contributed by atoms with Crippen LogP contribution in [0.5, 0.6) is 0 Å². The highest BCUT2D eigenvalue weighted by Gasteiger charge is 2.52. The summed E-state index contributed by atoms with van der Waals surface area (Å²) in [4.78, 5) is 30.3. The number of fused-ring (bicyclic) bond motifs is 5. The largest absolute Gasteiger partial charge is 0.481 e. The molecule has 4 atom stereocenters. The van der Waals surface area contributed by atoms with Crippen molar-refractivity contribution in [2.45, 2.75) is 57.8 Å². The van der Waals surface area contributed by atoms with Gasteiger partial charge in [0.15, 0.2) is 0 Å². The number of hydrogen-bond donors (Lipinski definition) is 1. The minimum absolute atomic E-state index is 0.0216. The Morgan fingerprint density at radius 3 is 2.67 bits per heavy atom. The monoisotopic (exact) mass is 488 g/mol. The molecule has 2 aromatic rings. The molecule has 6 heteroatoms. The van der Waals surface area contributed by atoms with Crippen molar-refractivity contribution in [1.29, 1.82) is 0 Å². The van der Waals surface area contributed by atoms with E-state index in [-0.39, 0.29) is 23.1 Å². The van der Waals surface area contributed by atoms with Crippen molar-refractivity contribution in [3.8, 4) is 0 Å². The predicted molar refractivity (Wildman–Crippen MR) is 135 cm³/mol. The summed E-state index contributed by atoms with van der Waals surface area (Å²) in [6.07, 6.45) is 11.7. The SMILES string of the molecule is C[C@]12CC[C@@H]3c4ccc(C(=O)N5CCC(C(=O)O)CC5)cc4CC[C@H]3[C@@H]1CC=C2c1cncc(F)c1. The number of carboxylic acid groups (broad SMARTS) is 1. The number of halogens is 1. The quantitative estimate of drug-likeness (QED) is 0.601. The van der Waals surface area contributed by atoms with Crippen LogP contribution in [-0.2, 0) is 11.2 Å². The van der Waals surface area contributed by atoms with Crippen molar-refractivity contribution in [3.63, 3.8) is 0 Å². The lowest BCUT2D eigenvalue weighted by Gasteiger charge is -2.50. The summed E-state index contributed by atoms with van der Waals surface area (Å²) in [5.74, 6) is 0.273. The van der Waals surface area contributed by atoms with E-state index in [2.05, 4.69) is 30.1 Å². The maximum atomic E-state index is 13.9. The maximum Gasteiger partial charge on any atom is 0.306 e. The highest BCUT2D eigenvalue weighted by Crippen LogP contribution is 2.63. The first-order valence-electron chi connectivity index (χ1n) is 13.3. The van der Waals surface area contributed by atoms with E-state index in [1.54, 1.807) is 12.3 Å². The van der Waals surface area contributed by atoms with Crippen molar-refractivity contribution in [2.24, 2.45) is 23.2 Å². The normalized spacial score (nSPS) is 29.7. The molecule has 4 aliphatic rings. The number of benzene rings is 1. The Morgan fingerprint density at radius 1 is 1.11 bits per heavy atom. The molecule has 1 N–H and O–H groups in total. The summed E-state index contributed by atoms with van der Waals surface area (Å²) in [5, 5.41) is 9.24. The molecule has 36 heavy (non-hydrogen) atoms. The van der Waals surface area contributed by atoms with Gasteiger partial charge in [-0.25, -0.2) is 4.39 Å². The number of hydrogen-bond acceptors (Lipinski definition) is 3. The highest BCUT2D eigenvalue weighted by atomic mass is 19.1. The molecule has 6 rings (SSSR count). The zero-order valence-corrected chi connectivity index (χ0v) is 20.8. The minimum Gasteiger partial charge on any atom is -0.481 e. The Morgan fingerprint density at radius 2 is 1.92 bits per heavy atom. The molecular weight excluding hydrogens is 455 g/mol. The van der Waals surface area contributed by atoms with E-state index in [0.717, 1.165) is 43.2 Å². The van der Waals surface area contributed by atoms with Crippen LogP contribution in [0.4, 0.5) is 4.39 Å². The van der Waals surface area contributed by atoms with Crippen LogP contribution in [-0.4, -0.2) is 40.0 Å². The van der Waals surface area contributed by atoms with E-state index in [4.69, 9.17) is 0 Å². The molecular formula is C30H33FN2O3. The van der Waals surface area contributed by atoms with E-state index in [9.17, 15) is 19.1 Å². The number of piperidine rings is 1. The van der Waals surface area contributed by atoms with Crippen molar-refractivity contribution < 1.29 is 19.1 Å². The van der Waals surface area contributed by atoms with Crippen LogP contribution in [0.25, 0.3) is 5.57 Å². The van der Waals surface area contributed by atoms with Gasteiger partial charge in [-0.3, -0.25) is 14.6 Å². The molecule has 1 saturated heterocycles. The smallest absolute Gasteiger partial charge is 0.306 e. The zero-order valence-electron chi connectivity index (χ0n) is 20.8. The van der Waals surface area contributed by atoms with Gasteiger partial charge in [-0.2, -0.15) is 0 Å². The number of aliphatic carboxylic acids is 1. The summed E-state index contributed by atoms with van der Waals surface area (Å²) >= 11 is 0. The third kappa shape index (κ3) is 3.77. The number of nitrogens with zero attached hydrogens (tertiary/aromatic N) is 2. The molecule has 1 aromatic carbocycles. The number of rotatable bonds is 3. The fraction of sp³-hybridized carbons (Fsp3) is 0.500. The molecule has 2 fully saturated rings. The Hall–Kier alpha value is -3.02. The van der Waals surface area contributed by atoms with Crippen molar-refractivity contribution in [2.75, 3.05) is 13.1 Å². The summed E-state index contributed by atoms with van der Waals surface area (Å²) in [6.45, 7) is 3.38. The van der Waals surface area contributed by atoms with Gasteiger partial charge < -0.3 is 10.0 Å². The standard InChI is InChI=1S/C30H33FN2O3/c1-30-11-8-24-23-4-3-20(28(34)33-12-9-18(10-13-33)29(35)36)14-19(23)2-5-25(24)27(30)7-6-26(30)21-15-22(31)17-32-16-21/h3-4,6,14-18,24-25,27H,2,5,7-13H2,1H3,(H,35,36)/t24-,25-,27+,30-/m1/s1. The number of amides is 1. The number of allylic oxidation sites excluding steroid dienone is 2. The van der Waals surface area contributed by atoms with Crippen molar-refractivity contribution in [1.82, 2.24) is 9.88 Å². The first-order chi connectivity index (χ1) is 17.3. The van der Waals surface area contributed by atoms with Gasteiger partial charge in [-0.1, -0.05) is 19.1 Å². The second-order valence-electron chi connectivity index (χ2n) is 11.4. The summed E-state index contributed by atoms with van der Waals surface area (Å²) in [7, 11) is 0. The molecule has 0 spiro atoms. The van der Waals surface area contributed by atoms with E-state index in [0.29, 0.717) is 43.7 Å². The summed E-state index contributed by atoms with van der Waals surface area (Å²) in [6, 6.07) is 7.89. The topological polar surface area (TPSA) is 70.5 Å². The van der Waals surface area contributed by atoms with Gasteiger partial charge in [-0.05, 0) is 109 Å². The third-order valence-corrected chi connectivity index (χ3v) is 9.70. The Kier molecular flexibility index (Phi) is 5.73. The maximum absolute atomic E-state index is 13.9. The molecule has 188 valence electrons. The fourth-order valence-electron chi connectivity index (χ4n) is 7.80. The molecule has 1 aromatic heterocycles. The lowest BCUT2D eigenvalue weighted by atomic mass is 9.54. The molecule has 0 radical (unpaired) electrons. The average Bonchev–Trinajstić information content (AvgIpc) is 3.25. The lowest BCUT2D eigenvalue weighted by molar-refractivity contribution is -0.143. The zero-order chi connectivity index (χ0) is 25.0. The van der Waals surface area contributed by atoms with Gasteiger partial charge in [0.2, 0.25) is 0 Å². The third-order valence-electron chi connectivity index (χ3n) is 9.70. The van der Waals surface area contributed by atoms with Gasteiger partial charge in [0.05, 0.1) is 12.1 Å². The summed E-state index contributed by atoms with van der Waals surface area (Å²) < 4.78 is 13.9. The minimum atomic E-state index is -0.758. The van der Waals surface area contributed by atoms with Crippen LogP contribution >= 0.6 is 0 Å². The van der Waals surface area contributed by atoms with E-state index in [1.807, 2.05) is 11.0 Å². The molecule has 2 heterocycles. The van der Waals surface area contributed by atoms with Crippen LogP contribution < -0.4 is 0 Å². The Bertz CT molecular complexity index is 1250. The van der Waals surface area contributed by atoms with Crippen LogP contribution in [0, 0.1) is 29.0 Å². The average molecular weight is 489 g/mol. The number of aromatic nitrogens is 1. The molecule has 3 aliphatic carbocycles. The fourth-order valence-corrected chi connectivity index (χ4v) is 7.80. The second-order valence-corrected chi connectivity index (χ2v) is 11.4. The van der Waals surface area contributed by atoms with Crippen molar-refractivity contribution >= 4 is 17.4 Å². The van der Waals surface area contributed by atoms with Gasteiger partial charge in [-0.15, -0.1) is 0 Å². The number of pyridine rings is 1. The Balaban J connectivity index is 1.20. The number of likely N-dealkylation sites (tertiary alicyclic amines) is 1. The first-order valence-corrected chi connectivity index (χ1v) is 13.3. The van der Waals surface area contributed by atoms with Crippen LogP contribution in [0.3, 0.4) is 0 Å². The van der Waals surface area contributed by atoms with Gasteiger partial charge in [0.1, 0.15) is 5.82 Å². The van der Waals surface area contributed by atoms with E-state index >= 15 is 0 Å². The van der Waals surface area contributed by atoms with E-state index < -0.39 is 5.97 Å². The number of carboxylic acids is 1. The Labute approximate surface area is 211 Å². The number of carbonyl (C=O) groups is 2. The first kappa shape index (κ1) is 23.4. The van der Waals surface area contributed by atoms with Crippen molar-refractivity contribution in [3.05, 3.63) is 70.8 Å². The molecule has 1 aliphatic heterocycles. The highest BCUT2D eigenvalue weighted by molar-refractivity contribution is 5.94. The molecule has 1 saturated carbocycles. The predicted octanol–water partition coefficient (Wildman–Crippen LogP) is 5.71. The van der Waals surface area contributed by atoms with Gasteiger partial charge in [0, 0.05) is 24.8 Å². The van der Waals surface area contributed by atoms with Gasteiger partial charge in [0.25, 0.3) is 5.91 Å².